The maximum Gasteiger partial charge on any atom is 0.332 e. The van der Waals surface area contributed by atoms with Crippen molar-refractivity contribution in [1.82, 2.24) is 14.5 Å². The minimum absolute atomic E-state index is 0.326. The number of aliphatic carboxylic acids is 1. The van der Waals surface area contributed by atoms with Gasteiger partial charge in [-0.3, -0.25) is 9.36 Å². The predicted octanol–water partition coefficient (Wildman–Crippen LogP) is 2.41. The molecule has 114 valence electrons. The normalized spacial score (nSPS) is 17.0. The molecule has 2 heterocycles. The van der Waals surface area contributed by atoms with Crippen LogP contribution < -0.4 is 0 Å². The van der Waals surface area contributed by atoms with Crippen molar-refractivity contribution in [3.05, 3.63) is 46.0 Å². The molecule has 1 unspecified atom stereocenters. The molecule has 3 rings (SSSR count). The van der Waals surface area contributed by atoms with Crippen LogP contribution in [0.25, 0.3) is 5.69 Å². The molecule has 22 heavy (non-hydrogen) atoms. The van der Waals surface area contributed by atoms with E-state index in [4.69, 9.17) is 0 Å². The van der Waals surface area contributed by atoms with Gasteiger partial charge in [-0.15, -0.1) is 0 Å². The number of benzene rings is 1. The molecule has 2 aromatic rings. The van der Waals surface area contributed by atoms with Crippen LogP contribution in [0.1, 0.15) is 34.6 Å². The average molecular weight is 364 g/mol. The number of nitrogens with zero attached hydrogens (tertiary/aromatic N) is 3. The number of carboxylic acid groups (broad SMARTS) is 1. The second kappa shape index (κ2) is 5.24. The zero-order valence-corrected chi connectivity index (χ0v) is 13.7. The maximum atomic E-state index is 12.8. The maximum absolute atomic E-state index is 12.8. The number of aryl methyl sites for hydroxylation is 1. The molecular weight excluding hydrogens is 350 g/mol. The van der Waals surface area contributed by atoms with E-state index < -0.39 is 12.0 Å². The van der Waals surface area contributed by atoms with Crippen molar-refractivity contribution in [2.75, 3.05) is 7.05 Å². The van der Waals surface area contributed by atoms with E-state index in [0.717, 1.165) is 12.0 Å². The highest BCUT2D eigenvalue weighted by Gasteiger charge is 2.37. The molecular formula is C15H14BrN3O3. The van der Waals surface area contributed by atoms with E-state index in [0.29, 0.717) is 21.4 Å². The molecule has 1 aliphatic rings. The molecule has 0 bridgehead atoms. The van der Waals surface area contributed by atoms with Crippen LogP contribution in [0.5, 0.6) is 0 Å². The molecule has 0 spiro atoms. The van der Waals surface area contributed by atoms with E-state index in [9.17, 15) is 14.7 Å². The van der Waals surface area contributed by atoms with Gasteiger partial charge in [-0.1, -0.05) is 13.0 Å². The van der Waals surface area contributed by atoms with Gasteiger partial charge in [0.1, 0.15) is 0 Å². The highest BCUT2D eigenvalue weighted by Crippen LogP contribution is 2.36. The number of halogens is 1. The van der Waals surface area contributed by atoms with Gasteiger partial charge in [-0.2, -0.15) is 0 Å². The van der Waals surface area contributed by atoms with Gasteiger partial charge < -0.3 is 10.0 Å². The lowest BCUT2D eigenvalue weighted by atomic mass is 10.1. The fourth-order valence-electron chi connectivity index (χ4n) is 2.78. The molecule has 1 N–H and O–H groups in total. The lowest BCUT2D eigenvalue weighted by Gasteiger charge is -2.22. The number of carbonyl (C=O) groups is 2. The van der Waals surface area contributed by atoms with Crippen LogP contribution in [0.3, 0.4) is 0 Å². The number of likely N-dealkylation sites (N-methyl/N-ethyl adjacent to an activating group) is 1. The van der Waals surface area contributed by atoms with Crippen LogP contribution in [0, 0.1) is 0 Å². The summed E-state index contributed by atoms with van der Waals surface area (Å²) >= 11 is 3.50. The van der Waals surface area contributed by atoms with Crippen molar-refractivity contribution in [3.8, 4) is 5.69 Å². The topological polar surface area (TPSA) is 75.4 Å². The predicted molar refractivity (Wildman–Crippen MR) is 83.1 cm³/mol. The monoisotopic (exact) mass is 363 g/mol. The van der Waals surface area contributed by atoms with E-state index in [1.54, 1.807) is 4.57 Å². The Kier molecular flexibility index (Phi) is 3.52. The summed E-state index contributed by atoms with van der Waals surface area (Å²) in [7, 11) is 1.50. The fraction of sp³-hybridized carbons (Fsp3) is 0.267. The van der Waals surface area contributed by atoms with Gasteiger partial charge in [0.05, 0.1) is 29.5 Å². The van der Waals surface area contributed by atoms with Gasteiger partial charge in [0.15, 0.2) is 6.04 Å². The van der Waals surface area contributed by atoms with Crippen molar-refractivity contribution in [2.45, 2.75) is 19.4 Å². The van der Waals surface area contributed by atoms with Gasteiger partial charge in [0, 0.05) is 11.5 Å². The van der Waals surface area contributed by atoms with Crippen LogP contribution in [-0.2, 0) is 11.2 Å². The summed E-state index contributed by atoms with van der Waals surface area (Å²) in [6, 6.07) is 2.70. The van der Waals surface area contributed by atoms with E-state index in [-0.39, 0.29) is 5.91 Å². The average Bonchev–Trinajstić information content (AvgIpc) is 2.91. The van der Waals surface area contributed by atoms with Gasteiger partial charge >= 0.3 is 5.97 Å². The van der Waals surface area contributed by atoms with Crippen LogP contribution in [0.2, 0.25) is 0 Å². The first-order chi connectivity index (χ1) is 10.5. The summed E-state index contributed by atoms with van der Waals surface area (Å²) in [6.07, 6.45) is 3.79. The Bertz CT molecular complexity index is 784. The molecule has 1 aromatic carbocycles. The summed E-state index contributed by atoms with van der Waals surface area (Å²) in [6.45, 7) is 2.00. The molecule has 1 amide bonds. The van der Waals surface area contributed by atoms with E-state index in [2.05, 4.69) is 20.9 Å². The Morgan fingerprint density at radius 2 is 2.18 bits per heavy atom. The molecule has 7 heteroatoms. The summed E-state index contributed by atoms with van der Waals surface area (Å²) < 4.78 is 2.37. The Hall–Kier alpha value is -2.15. The molecule has 1 atom stereocenters. The van der Waals surface area contributed by atoms with Crippen LogP contribution in [-0.4, -0.2) is 38.5 Å². The fourth-order valence-corrected chi connectivity index (χ4v) is 3.56. The third-order valence-electron chi connectivity index (χ3n) is 3.94. The smallest absolute Gasteiger partial charge is 0.332 e. The lowest BCUT2D eigenvalue weighted by Crippen LogP contribution is -2.35. The van der Waals surface area contributed by atoms with Crippen LogP contribution in [0.4, 0.5) is 0 Å². The summed E-state index contributed by atoms with van der Waals surface area (Å²) in [4.78, 5) is 29.7. The number of imidazole rings is 1. The number of hydrogen-bond acceptors (Lipinski definition) is 3. The van der Waals surface area contributed by atoms with E-state index in [1.807, 2.05) is 19.1 Å². The number of aromatic nitrogens is 2. The minimum atomic E-state index is -1.09. The number of fused-ring (bicyclic) bond motifs is 3. The molecule has 0 fully saturated rings. The first-order valence-corrected chi connectivity index (χ1v) is 7.60. The van der Waals surface area contributed by atoms with E-state index >= 15 is 0 Å². The Morgan fingerprint density at radius 1 is 1.45 bits per heavy atom. The summed E-state index contributed by atoms with van der Waals surface area (Å²) in [5.41, 5.74) is 2.55. The van der Waals surface area contributed by atoms with Crippen LogP contribution in [0.15, 0.2) is 29.1 Å². The molecule has 1 aromatic heterocycles. The molecule has 0 saturated carbocycles. The standard InChI is InChI=1S/C15H14BrN3O3/c1-3-8-4-5-9-11(12(8)16)14(20)18(2)13(15(21)22)10-6-17-7-19(9)10/h4-7,13H,3H2,1-2H3,(H,21,22). The number of hydrogen-bond donors (Lipinski definition) is 1. The quantitative estimate of drug-likeness (QED) is 0.888. The Morgan fingerprint density at radius 3 is 2.82 bits per heavy atom. The van der Waals surface area contributed by atoms with Gasteiger partial charge in [-0.05, 0) is 34.0 Å². The van der Waals surface area contributed by atoms with Crippen molar-refractivity contribution in [1.29, 1.82) is 0 Å². The van der Waals surface area contributed by atoms with Crippen molar-refractivity contribution in [3.63, 3.8) is 0 Å². The molecule has 0 saturated heterocycles. The minimum Gasteiger partial charge on any atom is -0.479 e. The third kappa shape index (κ3) is 1.96. The van der Waals surface area contributed by atoms with Gasteiger partial charge in [0.2, 0.25) is 0 Å². The number of amides is 1. The largest absolute Gasteiger partial charge is 0.479 e. The third-order valence-corrected chi connectivity index (χ3v) is 4.85. The summed E-state index contributed by atoms with van der Waals surface area (Å²) in [5.74, 6) is -1.41. The van der Waals surface area contributed by atoms with Gasteiger partial charge in [-0.25, -0.2) is 9.78 Å². The highest BCUT2D eigenvalue weighted by atomic mass is 79.9. The van der Waals surface area contributed by atoms with E-state index in [1.165, 1.54) is 24.5 Å². The van der Waals surface area contributed by atoms with Crippen molar-refractivity contribution in [2.24, 2.45) is 0 Å². The molecule has 0 radical (unpaired) electrons. The van der Waals surface area contributed by atoms with Crippen LogP contribution >= 0.6 is 15.9 Å². The Labute approximate surface area is 135 Å². The molecule has 1 aliphatic heterocycles. The Balaban J connectivity index is 2.35. The van der Waals surface area contributed by atoms with Crippen molar-refractivity contribution < 1.29 is 14.7 Å². The first-order valence-electron chi connectivity index (χ1n) is 6.81. The molecule has 0 aliphatic carbocycles. The first kappa shape index (κ1) is 14.8. The van der Waals surface area contributed by atoms with Crippen molar-refractivity contribution >= 4 is 27.8 Å². The molecule has 6 nitrogen and oxygen atoms in total. The summed E-state index contributed by atoms with van der Waals surface area (Å²) in [5, 5.41) is 9.52. The number of carbonyl (C=O) groups excluding carboxylic acids is 1. The highest BCUT2D eigenvalue weighted by molar-refractivity contribution is 9.10. The second-order valence-electron chi connectivity index (χ2n) is 5.13. The van der Waals surface area contributed by atoms with Gasteiger partial charge in [0.25, 0.3) is 5.91 Å². The zero-order chi connectivity index (χ0) is 16.0. The second-order valence-corrected chi connectivity index (χ2v) is 5.92. The SMILES string of the molecule is CCc1ccc2c(c1Br)C(=O)N(C)C(C(=O)O)c1cncn1-2. The number of carboxylic acids is 1. The number of rotatable bonds is 2. The lowest BCUT2D eigenvalue weighted by molar-refractivity contribution is -0.142. The zero-order valence-electron chi connectivity index (χ0n) is 12.1.